The first-order chi connectivity index (χ1) is 32.0. The van der Waals surface area contributed by atoms with Crippen LogP contribution < -0.4 is 14.7 Å². The van der Waals surface area contributed by atoms with Gasteiger partial charge in [-0.15, -0.1) is 0 Å². The predicted molar refractivity (Wildman–Crippen MR) is 275 cm³/mol. The Hall–Kier alpha value is -8.14. The molecule has 65 heavy (non-hydrogen) atoms. The zero-order valence-electron chi connectivity index (χ0n) is 36.4. The molecule has 1 aliphatic carbocycles. The van der Waals surface area contributed by atoms with E-state index >= 15 is 0 Å². The number of rotatable bonds is 7. The van der Waals surface area contributed by atoms with Gasteiger partial charge in [-0.05, 0) is 127 Å². The van der Waals surface area contributed by atoms with Crippen LogP contribution in [0.2, 0.25) is 0 Å². The summed E-state index contributed by atoms with van der Waals surface area (Å²) in [7, 11) is 0. The normalized spacial score (nSPS) is 13.7. The fraction of sp³-hybridized carbons (Fsp3) is 0.0645. The fourth-order valence-corrected chi connectivity index (χ4v) is 11.1. The second kappa shape index (κ2) is 14.5. The lowest BCUT2D eigenvalue weighted by atomic mass is 9.81. The van der Waals surface area contributed by atoms with Crippen molar-refractivity contribution in [2.75, 3.05) is 21.4 Å². The van der Waals surface area contributed by atoms with Gasteiger partial charge in [-0.3, -0.25) is 0 Å². The Morgan fingerprint density at radius 2 is 1.00 bits per heavy atom. The third-order valence-electron chi connectivity index (χ3n) is 14.2. The number of benzene rings is 11. The second-order valence-electron chi connectivity index (χ2n) is 18.1. The van der Waals surface area contributed by atoms with Crippen molar-refractivity contribution < 1.29 is 0 Å². The van der Waals surface area contributed by atoms with Crippen LogP contribution in [-0.2, 0) is 5.41 Å². The average Bonchev–Trinajstić information content (AvgIpc) is 3.87. The number of anilines is 7. The third-order valence-corrected chi connectivity index (χ3v) is 14.2. The van der Waals surface area contributed by atoms with Crippen LogP contribution in [-0.4, -0.2) is 6.67 Å². The van der Waals surface area contributed by atoms with E-state index in [-0.39, 0.29) is 5.41 Å². The number of fused-ring (bicyclic) bond motifs is 4. The maximum Gasteiger partial charge on any atom is 0.100 e. The van der Waals surface area contributed by atoms with Crippen molar-refractivity contribution in [2.45, 2.75) is 19.3 Å². The Bertz CT molecular complexity index is 3580. The summed E-state index contributed by atoms with van der Waals surface area (Å²) in [4.78, 5) is 7.49. The highest BCUT2D eigenvalue weighted by molar-refractivity contribution is 6.26. The molecule has 0 atom stereocenters. The lowest BCUT2D eigenvalue weighted by molar-refractivity contribution is 0.660. The number of nitrogens with zero attached hydrogens (tertiary/aromatic N) is 3. The van der Waals surface area contributed by atoms with Crippen molar-refractivity contribution in [3.8, 4) is 33.4 Å². The Morgan fingerprint density at radius 1 is 0.415 bits per heavy atom. The zero-order chi connectivity index (χ0) is 43.2. The van der Waals surface area contributed by atoms with Crippen LogP contribution in [0.5, 0.6) is 0 Å². The molecule has 0 unspecified atom stereocenters. The Labute approximate surface area is 380 Å². The molecule has 0 radical (unpaired) electrons. The minimum Gasteiger partial charge on any atom is -0.321 e. The van der Waals surface area contributed by atoms with Crippen LogP contribution in [0, 0.1) is 0 Å². The molecular formula is C62H45N3. The SMILES string of the molecule is CC1(C)c2ccccc2-c2c(-c3cccc4c3N(c3ccccc3)CN4c3ccccc3)cc(N(c3ccc(-c4ccccc4)cc3)c3ccc4ccc5cccc6ccc3c4c56)cc21. The van der Waals surface area contributed by atoms with Gasteiger partial charge < -0.3 is 14.7 Å². The molecule has 0 spiro atoms. The fourth-order valence-electron chi connectivity index (χ4n) is 11.1. The summed E-state index contributed by atoms with van der Waals surface area (Å²) in [5, 5.41) is 7.64. The van der Waals surface area contributed by atoms with E-state index in [1.54, 1.807) is 0 Å². The first-order valence-electron chi connectivity index (χ1n) is 22.7. The molecule has 11 aromatic rings. The van der Waals surface area contributed by atoms with Gasteiger partial charge in [-0.25, -0.2) is 0 Å². The van der Waals surface area contributed by atoms with E-state index in [4.69, 9.17) is 0 Å². The predicted octanol–water partition coefficient (Wildman–Crippen LogP) is 16.9. The summed E-state index contributed by atoms with van der Waals surface area (Å²) < 4.78 is 0. The average molecular weight is 832 g/mol. The van der Waals surface area contributed by atoms with Crippen molar-refractivity contribution in [3.63, 3.8) is 0 Å². The maximum absolute atomic E-state index is 2.53. The molecule has 0 N–H and O–H groups in total. The van der Waals surface area contributed by atoms with E-state index < -0.39 is 0 Å². The molecule has 2 aliphatic rings. The van der Waals surface area contributed by atoms with E-state index in [9.17, 15) is 0 Å². The van der Waals surface area contributed by atoms with Crippen LogP contribution in [0.15, 0.2) is 224 Å². The molecule has 0 saturated carbocycles. The van der Waals surface area contributed by atoms with Gasteiger partial charge in [-0.1, -0.05) is 178 Å². The van der Waals surface area contributed by atoms with E-state index in [1.165, 1.54) is 99.6 Å². The second-order valence-corrected chi connectivity index (χ2v) is 18.1. The summed E-state index contributed by atoms with van der Waals surface area (Å²) in [5.41, 5.74) is 18.0. The summed E-state index contributed by atoms with van der Waals surface area (Å²) in [6, 6.07) is 83.1. The smallest absolute Gasteiger partial charge is 0.100 e. The topological polar surface area (TPSA) is 9.72 Å². The first-order valence-corrected chi connectivity index (χ1v) is 22.7. The Balaban J connectivity index is 1.11. The molecule has 0 aromatic heterocycles. The van der Waals surface area contributed by atoms with Crippen molar-refractivity contribution >= 4 is 72.1 Å². The van der Waals surface area contributed by atoms with Crippen LogP contribution in [0.25, 0.3) is 65.7 Å². The number of hydrogen-bond acceptors (Lipinski definition) is 3. The molecule has 3 heteroatoms. The summed E-state index contributed by atoms with van der Waals surface area (Å²) in [6.07, 6.45) is 0. The van der Waals surface area contributed by atoms with Crippen LogP contribution >= 0.6 is 0 Å². The quantitative estimate of drug-likeness (QED) is 0.148. The zero-order valence-corrected chi connectivity index (χ0v) is 36.4. The van der Waals surface area contributed by atoms with E-state index in [0.717, 1.165) is 17.1 Å². The lowest BCUT2D eigenvalue weighted by Crippen LogP contribution is -2.24. The molecule has 0 fully saturated rings. The van der Waals surface area contributed by atoms with Crippen molar-refractivity contribution in [1.29, 1.82) is 0 Å². The Morgan fingerprint density at radius 3 is 1.74 bits per heavy atom. The first kappa shape index (κ1) is 37.4. The van der Waals surface area contributed by atoms with Crippen molar-refractivity contribution in [3.05, 3.63) is 236 Å². The summed E-state index contributed by atoms with van der Waals surface area (Å²) in [6.45, 7) is 5.51. The summed E-state index contributed by atoms with van der Waals surface area (Å²) >= 11 is 0. The monoisotopic (exact) mass is 831 g/mol. The standard InChI is InChI=1S/C62H45N3/c1-62(2)54-26-13-12-24-51(54)60-53(50-25-15-27-57-61(50)64(47-22-10-5-11-23-47)40-63(57)46-20-8-4-9-21-46)38-49(39-55(60)62)65(48-34-30-42(31-35-48)41-16-6-3-7-17-41)56-37-33-45-29-28-43-18-14-19-44-32-36-52(56)59(45)58(43)44/h3-39H,40H2,1-2H3. The van der Waals surface area contributed by atoms with Gasteiger partial charge in [0.1, 0.15) is 6.67 Å². The van der Waals surface area contributed by atoms with Crippen LogP contribution in [0.4, 0.5) is 39.8 Å². The summed E-state index contributed by atoms with van der Waals surface area (Å²) in [5.74, 6) is 0. The van der Waals surface area contributed by atoms with Crippen LogP contribution in [0.1, 0.15) is 25.0 Å². The van der Waals surface area contributed by atoms with Gasteiger partial charge in [0.25, 0.3) is 0 Å². The molecule has 3 nitrogen and oxygen atoms in total. The van der Waals surface area contributed by atoms with Gasteiger partial charge >= 0.3 is 0 Å². The highest BCUT2D eigenvalue weighted by Crippen LogP contribution is 2.58. The molecule has 0 saturated heterocycles. The maximum atomic E-state index is 2.53. The molecule has 0 bridgehead atoms. The molecule has 1 aliphatic heterocycles. The highest BCUT2D eigenvalue weighted by atomic mass is 15.4. The molecule has 1 heterocycles. The molecule has 11 aromatic carbocycles. The van der Waals surface area contributed by atoms with Crippen LogP contribution in [0.3, 0.4) is 0 Å². The largest absolute Gasteiger partial charge is 0.321 e. The molecule has 13 rings (SSSR count). The van der Waals surface area contributed by atoms with Gasteiger partial charge in [0, 0.05) is 39.1 Å². The Kier molecular flexibility index (Phi) is 8.32. The van der Waals surface area contributed by atoms with Gasteiger partial charge in [0.05, 0.1) is 17.1 Å². The van der Waals surface area contributed by atoms with E-state index in [2.05, 4.69) is 253 Å². The number of hydrogen-bond donors (Lipinski definition) is 0. The van der Waals surface area contributed by atoms with Crippen molar-refractivity contribution in [2.24, 2.45) is 0 Å². The molecule has 308 valence electrons. The van der Waals surface area contributed by atoms with Crippen molar-refractivity contribution in [1.82, 2.24) is 0 Å². The van der Waals surface area contributed by atoms with Gasteiger partial charge in [0.15, 0.2) is 0 Å². The number of para-hydroxylation sites is 3. The minimum atomic E-state index is -0.255. The van der Waals surface area contributed by atoms with Gasteiger partial charge in [-0.2, -0.15) is 0 Å². The minimum absolute atomic E-state index is 0.255. The molecule has 0 amide bonds. The van der Waals surface area contributed by atoms with E-state index in [0.29, 0.717) is 6.67 Å². The highest BCUT2D eigenvalue weighted by Gasteiger charge is 2.40. The molecular weight excluding hydrogens is 787 g/mol. The third kappa shape index (κ3) is 5.75. The van der Waals surface area contributed by atoms with E-state index in [1.807, 2.05) is 0 Å². The lowest BCUT2D eigenvalue weighted by Gasteiger charge is -2.31. The van der Waals surface area contributed by atoms with Gasteiger partial charge in [0.2, 0.25) is 0 Å².